The topological polar surface area (TPSA) is 15.7 Å². The number of benzene rings is 3. The monoisotopic (exact) mass is 504 g/mol. The zero-order chi connectivity index (χ0) is 25.5. The number of halogens is 5. The van der Waals surface area contributed by atoms with E-state index in [1.54, 1.807) is 30.3 Å². The molecule has 0 radical (unpaired) electrons. The molecule has 1 saturated heterocycles. The molecule has 1 aliphatic rings. The summed E-state index contributed by atoms with van der Waals surface area (Å²) in [4.78, 5) is 4.30. The number of anilines is 1. The lowest BCUT2D eigenvalue weighted by atomic mass is 10.0. The summed E-state index contributed by atoms with van der Waals surface area (Å²) in [6.07, 6.45) is -3.04. The smallest absolute Gasteiger partial charge is 0.369 e. The number of hydrogen-bond donors (Lipinski definition) is 0. The quantitative estimate of drug-likeness (QED) is 0.239. The van der Waals surface area contributed by atoms with Gasteiger partial charge in [-0.25, -0.2) is 8.78 Å². The molecule has 1 fully saturated rings. The van der Waals surface area contributed by atoms with Crippen LogP contribution in [-0.4, -0.2) is 44.2 Å². The van der Waals surface area contributed by atoms with E-state index in [9.17, 15) is 22.0 Å². The Morgan fingerprint density at radius 3 is 1.89 bits per heavy atom. The molecule has 0 unspecified atom stereocenters. The third-order valence-corrected chi connectivity index (χ3v) is 6.41. The molecular formula is C28H29F5N2O. The summed E-state index contributed by atoms with van der Waals surface area (Å²) >= 11 is 0. The Kier molecular flexibility index (Phi) is 8.59. The predicted octanol–water partition coefficient (Wildman–Crippen LogP) is 6.69. The average Bonchev–Trinajstić information content (AvgIpc) is 2.88. The molecular weight excluding hydrogens is 475 g/mol. The highest BCUT2D eigenvalue weighted by Crippen LogP contribution is 2.32. The van der Waals surface area contributed by atoms with Gasteiger partial charge in [0.15, 0.2) is 0 Å². The molecule has 192 valence electrons. The lowest BCUT2D eigenvalue weighted by molar-refractivity contribution is -0.137. The van der Waals surface area contributed by atoms with E-state index in [0.29, 0.717) is 25.4 Å². The fraction of sp³-hybridized carbons (Fsp3) is 0.357. The van der Waals surface area contributed by atoms with Gasteiger partial charge in [-0.15, -0.1) is 0 Å². The van der Waals surface area contributed by atoms with Crippen molar-refractivity contribution in [2.75, 3.05) is 44.2 Å². The van der Waals surface area contributed by atoms with E-state index in [4.69, 9.17) is 4.74 Å². The molecule has 4 rings (SSSR count). The molecule has 8 heteroatoms. The van der Waals surface area contributed by atoms with Crippen LogP contribution in [0.25, 0.3) is 0 Å². The lowest BCUT2D eigenvalue weighted by Gasteiger charge is -2.36. The van der Waals surface area contributed by atoms with Crippen molar-refractivity contribution in [3.05, 3.63) is 101 Å². The number of rotatable bonds is 9. The maximum atomic E-state index is 13.4. The Labute approximate surface area is 208 Å². The second kappa shape index (κ2) is 11.8. The standard InChI is InChI=1S/C28H29F5N2O/c29-24-10-6-21(7-11-24)27(22-8-12-25(30)13-9-22)36-19-2-1-14-34-15-17-35(18-16-34)26-5-3-4-23(20-26)28(31,32)33/h3-13,20,27H,1-2,14-19H2. The zero-order valence-electron chi connectivity index (χ0n) is 19.9. The van der Waals surface area contributed by atoms with Gasteiger partial charge in [-0.2, -0.15) is 13.2 Å². The average molecular weight is 505 g/mol. The van der Waals surface area contributed by atoms with Gasteiger partial charge in [0.2, 0.25) is 0 Å². The van der Waals surface area contributed by atoms with E-state index in [1.807, 2.05) is 4.90 Å². The molecule has 0 aliphatic carbocycles. The molecule has 0 amide bonds. The molecule has 0 atom stereocenters. The predicted molar refractivity (Wildman–Crippen MR) is 130 cm³/mol. The highest BCUT2D eigenvalue weighted by Gasteiger charge is 2.31. The minimum atomic E-state index is -4.34. The van der Waals surface area contributed by atoms with Gasteiger partial charge in [0.05, 0.1) is 5.56 Å². The third-order valence-electron chi connectivity index (χ3n) is 6.41. The van der Waals surface area contributed by atoms with Crippen LogP contribution < -0.4 is 4.90 Å². The summed E-state index contributed by atoms with van der Waals surface area (Å²) < 4.78 is 71.9. The number of alkyl halides is 3. The van der Waals surface area contributed by atoms with Crippen molar-refractivity contribution in [3.8, 4) is 0 Å². The number of piperazine rings is 1. The Morgan fingerprint density at radius 1 is 0.750 bits per heavy atom. The van der Waals surface area contributed by atoms with Crippen LogP contribution in [0.1, 0.15) is 35.6 Å². The van der Waals surface area contributed by atoms with Gasteiger partial charge in [0, 0.05) is 38.5 Å². The Morgan fingerprint density at radius 2 is 1.33 bits per heavy atom. The number of hydrogen-bond acceptors (Lipinski definition) is 3. The van der Waals surface area contributed by atoms with Gasteiger partial charge in [-0.05, 0) is 73.0 Å². The summed E-state index contributed by atoms with van der Waals surface area (Å²) in [5.41, 5.74) is 1.58. The fourth-order valence-electron chi connectivity index (χ4n) is 4.41. The normalized spacial score (nSPS) is 15.0. The molecule has 0 aromatic heterocycles. The van der Waals surface area contributed by atoms with Gasteiger partial charge in [0.1, 0.15) is 17.7 Å². The molecule has 0 N–H and O–H groups in total. The maximum absolute atomic E-state index is 13.4. The van der Waals surface area contributed by atoms with E-state index in [-0.39, 0.29) is 11.6 Å². The Hall–Kier alpha value is -2.97. The van der Waals surface area contributed by atoms with E-state index in [1.165, 1.54) is 36.4 Å². The second-order valence-corrected chi connectivity index (χ2v) is 8.94. The molecule has 0 spiro atoms. The molecule has 0 bridgehead atoms. The summed E-state index contributed by atoms with van der Waals surface area (Å²) in [6.45, 7) is 4.28. The number of unbranched alkanes of at least 4 members (excludes halogenated alkanes) is 1. The first-order chi connectivity index (χ1) is 17.3. The van der Waals surface area contributed by atoms with E-state index in [0.717, 1.165) is 49.7 Å². The summed E-state index contributed by atoms with van der Waals surface area (Å²) in [6, 6.07) is 17.7. The zero-order valence-corrected chi connectivity index (χ0v) is 19.9. The van der Waals surface area contributed by atoms with Gasteiger partial charge < -0.3 is 9.64 Å². The van der Waals surface area contributed by atoms with E-state index in [2.05, 4.69) is 4.90 Å². The van der Waals surface area contributed by atoms with Crippen molar-refractivity contribution >= 4 is 5.69 Å². The lowest BCUT2D eigenvalue weighted by Crippen LogP contribution is -2.46. The maximum Gasteiger partial charge on any atom is 0.416 e. The molecule has 1 aliphatic heterocycles. The SMILES string of the molecule is Fc1ccc(C(OCCCCN2CCN(c3cccc(C(F)(F)F)c3)CC2)c2ccc(F)cc2)cc1. The number of nitrogens with zero attached hydrogens (tertiary/aromatic N) is 2. The van der Waals surface area contributed by atoms with Crippen LogP contribution in [0.15, 0.2) is 72.8 Å². The van der Waals surface area contributed by atoms with E-state index >= 15 is 0 Å². The van der Waals surface area contributed by atoms with Crippen molar-refractivity contribution in [1.29, 1.82) is 0 Å². The van der Waals surface area contributed by atoms with Gasteiger partial charge in [-0.3, -0.25) is 4.90 Å². The van der Waals surface area contributed by atoms with Gasteiger partial charge >= 0.3 is 6.18 Å². The van der Waals surface area contributed by atoms with Crippen LogP contribution in [0.4, 0.5) is 27.6 Å². The van der Waals surface area contributed by atoms with Crippen molar-refractivity contribution in [1.82, 2.24) is 4.90 Å². The molecule has 3 aromatic rings. The third kappa shape index (κ3) is 7.04. The highest BCUT2D eigenvalue weighted by atomic mass is 19.4. The molecule has 0 saturated carbocycles. The Balaban J connectivity index is 1.23. The van der Waals surface area contributed by atoms with Crippen LogP contribution in [-0.2, 0) is 10.9 Å². The first-order valence-corrected chi connectivity index (χ1v) is 12.1. The summed E-state index contributed by atoms with van der Waals surface area (Å²) in [7, 11) is 0. The first kappa shape index (κ1) is 26.1. The second-order valence-electron chi connectivity index (χ2n) is 8.94. The fourth-order valence-corrected chi connectivity index (χ4v) is 4.41. The van der Waals surface area contributed by atoms with Crippen molar-refractivity contribution in [3.63, 3.8) is 0 Å². The first-order valence-electron chi connectivity index (χ1n) is 12.1. The van der Waals surface area contributed by atoms with E-state index < -0.39 is 17.8 Å². The van der Waals surface area contributed by atoms with Crippen LogP contribution in [0.3, 0.4) is 0 Å². The minimum Gasteiger partial charge on any atom is -0.369 e. The minimum absolute atomic E-state index is 0.329. The van der Waals surface area contributed by atoms with Crippen molar-refractivity contribution < 1.29 is 26.7 Å². The molecule has 3 nitrogen and oxygen atoms in total. The number of ether oxygens (including phenoxy) is 1. The van der Waals surface area contributed by atoms with Gasteiger partial charge in [0.25, 0.3) is 0 Å². The van der Waals surface area contributed by atoms with Gasteiger partial charge in [-0.1, -0.05) is 30.3 Å². The summed E-state index contributed by atoms with van der Waals surface area (Å²) in [5.74, 6) is -0.658. The Bertz CT molecular complexity index is 1050. The summed E-state index contributed by atoms with van der Waals surface area (Å²) in [5, 5.41) is 0. The van der Waals surface area contributed by atoms with Crippen molar-refractivity contribution in [2.45, 2.75) is 25.1 Å². The molecule has 1 heterocycles. The van der Waals surface area contributed by atoms with Crippen LogP contribution in [0, 0.1) is 11.6 Å². The van der Waals surface area contributed by atoms with Crippen molar-refractivity contribution in [2.24, 2.45) is 0 Å². The van der Waals surface area contributed by atoms with Crippen LogP contribution in [0.5, 0.6) is 0 Å². The van der Waals surface area contributed by atoms with Crippen LogP contribution in [0.2, 0.25) is 0 Å². The van der Waals surface area contributed by atoms with Crippen LogP contribution >= 0.6 is 0 Å². The molecule has 36 heavy (non-hydrogen) atoms. The highest BCUT2D eigenvalue weighted by molar-refractivity contribution is 5.49. The largest absolute Gasteiger partial charge is 0.416 e. The molecule has 3 aromatic carbocycles.